The van der Waals surface area contributed by atoms with Crippen molar-refractivity contribution in [1.82, 2.24) is 24.9 Å². The van der Waals surface area contributed by atoms with Crippen LogP contribution >= 0.6 is 46.4 Å². The minimum Gasteiger partial charge on any atom is -0.366 e. The molecule has 65 heavy (non-hydrogen) atoms. The van der Waals surface area contributed by atoms with E-state index in [1.807, 2.05) is 99.6 Å². The Morgan fingerprint density at radius 3 is 1.49 bits per heavy atom. The third kappa shape index (κ3) is 9.84. The first kappa shape index (κ1) is 47.8. The molecule has 4 aromatic rings. The van der Waals surface area contributed by atoms with Crippen molar-refractivity contribution >= 4 is 64.1 Å². The van der Waals surface area contributed by atoms with E-state index in [1.165, 1.54) is 0 Å². The predicted octanol–water partition coefficient (Wildman–Crippen LogP) is 9.45. The van der Waals surface area contributed by atoms with Gasteiger partial charge < -0.3 is 29.5 Å². The zero-order valence-corrected chi connectivity index (χ0v) is 40.3. The highest BCUT2D eigenvalue weighted by Gasteiger charge is 2.52. The van der Waals surface area contributed by atoms with Gasteiger partial charge >= 0.3 is 0 Å². The second kappa shape index (κ2) is 20.7. The van der Waals surface area contributed by atoms with Gasteiger partial charge in [0.2, 0.25) is 5.91 Å². The zero-order valence-electron chi connectivity index (χ0n) is 37.3. The van der Waals surface area contributed by atoms with Crippen molar-refractivity contribution in [2.75, 3.05) is 78.7 Å². The number of benzene rings is 4. The summed E-state index contributed by atoms with van der Waals surface area (Å²) < 4.78 is 13.9. The number of halogens is 4. The van der Waals surface area contributed by atoms with Crippen molar-refractivity contribution in [2.24, 2.45) is 11.8 Å². The van der Waals surface area contributed by atoms with Crippen molar-refractivity contribution in [3.63, 3.8) is 0 Å². The van der Waals surface area contributed by atoms with Crippen molar-refractivity contribution < 1.29 is 23.9 Å². The Bertz CT molecular complexity index is 2180. The van der Waals surface area contributed by atoms with E-state index in [0.29, 0.717) is 57.1 Å². The van der Waals surface area contributed by atoms with Crippen LogP contribution in [0.1, 0.15) is 77.8 Å². The predicted molar refractivity (Wildman–Crippen MR) is 258 cm³/mol. The van der Waals surface area contributed by atoms with Gasteiger partial charge in [-0.15, -0.1) is 0 Å². The van der Waals surface area contributed by atoms with Crippen molar-refractivity contribution in [3.05, 3.63) is 139 Å². The first-order chi connectivity index (χ1) is 31.4. The van der Waals surface area contributed by atoms with E-state index in [2.05, 4.69) is 24.1 Å². The summed E-state index contributed by atoms with van der Waals surface area (Å²) in [6, 6.07) is 29.6. The molecule has 0 spiro atoms. The molecule has 4 heterocycles. The first-order valence-corrected chi connectivity index (χ1v) is 24.5. The standard InChI is InChI=1S/C51H59Cl4N5O5/c1-36(50(40-16-18-42(52)44(54)30-40)34-57(26-28-64-50)46(61)38-12-6-3-7-13-38)32-59(48(63)49(20-22-56-23-21-49)60-24-10-5-11-25-60)33-37(2)51(41-17-19-43(53)45(55)31-41)35-58(27-29-65-51)47(62)39-14-8-4-9-15-39/h3-4,6-9,12-19,30-31,36-37,56H,5,10-11,20-29,32-35H2,1-2H3. The van der Waals surface area contributed by atoms with E-state index in [1.54, 1.807) is 12.1 Å². The third-order valence-corrected chi connectivity index (χ3v) is 15.9. The van der Waals surface area contributed by atoms with Gasteiger partial charge in [-0.1, -0.05) is 115 Å². The smallest absolute Gasteiger partial charge is 0.254 e. The molecule has 1 N–H and O–H groups in total. The molecule has 346 valence electrons. The Balaban J connectivity index is 1.21. The van der Waals surface area contributed by atoms with Gasteiger partial charge in [0.15, 0.2) is 0 Å². The molecule has 4 saturated heterocycles. The summed E-state index contributed by atoms with van der Waals surface area (Å²) in [4.78, 5) is 52.7. The molecule has 4 aliphatic heterocycles. The maximum Gasteiger partial charge on any atom is 0.254 e. The normalized spacial score (nSPS) is 23.7. The van der Waals surface area contributed by atoms with E-state index in [9.17, 15) is 9.59 Å². The van der Waals surface area contributed by atoms with Crippen LogP contribution in [0.25, 0.3) is 0 Å². The summed E-state index contributed by atoms with van der Waals surface area (Å²) >= 11 is 26.6. The summed E-state index contributed by atoms with van der Waals surface area (Å²) in [5.41, 5.74) is -0.161. The third-order valence-electron chi connectivity index (χ3n) is 14.4. The molecular weight excluding hydrogens is 904 g/mol. The first-order valence-electron chi connectivity index (χ1n) is 23.0. The van der Waals surface area contributed by atoms with E-state index >= 15 is 4.79 Å². The van der Waals surface area contributed by atoms with Crippen LogP contribution in [0.3, 0.4) is 0 Å². The number of ether oxygens (including phenoxy) is 2. The number of morpholine rings is 2. The number of amides is 3. The quantitative estimate of drug-likeness (QED) is 0.151. The van der Waals surface area contributed by atoms with Crippen LogP contribution in [0.4, 0.5) is 0 Å². The lowest BCUT2D eigenvalue weighted by atomic mass is 9.77. The summed E-state index contributed by atoms with van der Waals surface area (Å²) in [5.74, 6) is -0.871. The van der Waals surface area contributed by atoms with Gasteiger partial charge in [-0.25, -0.2) is 0 Å². The van der Waals surface area contributed by atoms with E-state index in [4.69, 9.17) is 55.9 Å². The van der Waals surface area contributed by atoms with E-state index in [0.717, 1.165) is 56.6 Å². The number of rotatable bonds is 12. The summed E-state index contributed by atoms with van der Waals surface area (Å²) in [6.45, 7) is 9.72. The SMILES string of the molecule is CC(CN(CC(C)C1(c2ccc(Cl)c(Cl)c2)CN(C(=O)c2ccccc2)CCO1)C(=O)C1(N2CCCCC2)CCNCC1)C1(c2ccc(Cl)c(Cl)c2)CN(C(=O)c2ccccc2)CCO1. The molecule has 14 heteroatoms. The van der Waals surface area contributed by atoms with Gasteiger partial charge in [-0.05, 0) is 112 Å². The Labute approximate surface area is 403 Å². The minimum absolute atomic E-state index is 0.0641. The highest BCUT2D eigenvalue weighted by atomic mass is 35.5. The van der Waals surface area contributed by atoms with Crippen LogP contribution in [0.15, 0.2) is 97.1 Å². The van der Waals surface area contributed by atoms with E-state index < -0.39 is 16.7 Å². The lowest BCUT2D eigenvalue weighted by Crippen LogP contribution is -2.66. The molecule has 10 nitrogen and oxygen atoms in total. The van der Waals surface area contributed by atoms with Crippen LogP contribution in [-0.4, -0.2) is 122 Å². The average Bonchev–Trinajstić information content (AvgIpc) is 3.35. The molecule has 4 aliphatic rings. The highest BCUT2D eigenvalue weighted by molar-refractivity contribution is 6.42. The fourth-order valence-electron chi connectivity index (χ4n) is 10.7. The van der Waals surface area contributed by atoms with Crippen LogP contribution < -0.4 is 5.32 Å². The van der Waals surface area contributed by atoms with Crippen molar-refractivity contribution in [1.29, 1.82) is 0 Å². The van der Waals surface area contributed by atoms with Crippen LogP contribution in [0.5, 0.6) is 0 Å². The van der Waals surface area contributed by atoms with Gasteiger partial charge in [0, 0.05) is 49.1 Å². The van der Waals surface area contributed by atoms with Gasteiger partial charge in [-0.2, -0.15) is 0 Å². The fourth-order valence-corrected chi connectivity index (χ4v) is 11.3. The number of likely N-dealkylation sites (tertiary alicyclic amines) is 1. The van der Waals surface area contributed by atoms with Crippen molar-refractivity contribution in [2.45, 2.75) is 62.7 Å². The molecule has 4 fully saturated rings. The average molecular weight is 964 g/mol. The van der Waals surface area contributed by atoms with Gasteiger partial charge in [-0.3, -0.25) is 19.3 Å². The van der Waals surface area contributed by atoms with Crippen LogP contribution in [-0.2, 0) is 25.5 Å². The number of carbonyl (C=O) groups is 3. The fraction of sp³-hybridized carbons (Fsp3) is 0.471. The molecule has 0 aromatic heterocycles. The Morgan fingerprint density at radius 2 is 1.06 bits per heavy atom. The number of piperidine rings is 2. The topological polar surface area (TPSA) is 94.7 Å². The second-order valence-electron chi connectivity index (χ2n) is 18.3. The van der Waals surface area contributed by atoms with Crippen LogP contribution in [0.2, 0.25) is 20.1 Å². The highest BCUT2D eigenvalue weighted by Crippen LogP contribution is 2.44. The number of carbonyl (C=O) groups excluding carboxylic acids is 3. The Morgan fingerprint density at radius 1 is 0.615 bits per heavy atom. The summed E-state index contributed by atoms with van der Waals surface area (Å²) in [6.07, 6.45) is 4.56. The van der Waals surface area contributed by atoms with Crippen molar-refractivity contribution in [3.8, 4) is 0 Å². The molecule has 0 saturated carbocycles. The second-order valence-corrected chi connectivity index (χ2v) is 19.9. The molecule has 8 rings (SSSR count). The van der Waals surface area contributed by atoms with Gasteiger partial charge in [0.05, 0.1) is 46.4 Å². The monoisotopic (exact) mass is 961 g/mol. The van der Waals surface area contributed by atoms with Gasteiger partial charge in [0.25, 0.3) is 11.8 Å². The molecule has 0 bridgehead atoms. The number of nitrogens with one attached hydrogen (secondary N) is 1. The lowest BCUT2D eigenvalue weighted by Gasteiger charge is -2.52. The van der Waals surface area contributed by atoms with Gasteiger partial charge in [0.1, 0.15) is 16.7 Å². The van der Waals surface area contributed by atoms with E-state index in [-0.39, 0.29) is 69.0 Å². The number of hydrogen-bond donors (Lipinski definition) is 1. The molecule has 0 aliphatic carbocycles. The Kier molecular flexibility index (Phi) is 15.2. The molecule has 4 aromatic carbocycles. The number of nitrogens with zero attached hydrogens (tertiary/aromatic N) is 4. The molecular formula is C51H59Cl4N5O5. The summed E-state index contributed by atoms with van der Waals surface area (Å²) in [7, 11) is 0. The largest absolute Gasteiger partial charge is 0.366 e. The zero-order chi connectivity index (χ0) is 45.8. The van der Waals surface area contributed by atoms with Crippen LogP contribution in [0, 0.1) is 11.8 Å². The molecule has 4 unspecified atom stereocenters. The maximum atomic E-state index is 16.1. The molecule has 0 radical (unpaired) electrons. The maximum absolute atomic E-state index is 16.1. The lowest BCUT2D eigenvalue weighted by molar-refractivity contribution is -0.166. The molecule has 4 atom stereocenters. The minimum atomic E-state index is -1.08. The Hall–Kier alpha value is -3.71. The number of hydrogen-bond acceptors (Lipinski definition) is 7. The molecule has 3 amide bonds. The summed E-state index contributed by atoms with van der Waals surface area (Å²) in [5, 5.41) is 5.10.